The molecule has 4 unspecified atom stereocenters. The van der Waals surface area contributed by atoms with Gasteiger partial charge in [-0.1, -0.05) is 6.92 Å². The van der Waals surface area contributed by atoms with Crippen molar-refractivity contribution >= 4 is 0 Å². The summed E-state index contributed by atoms with van der Waals surface area (Å²) in [6, 6.07) is -0.934. The fourth-order valence-corrected chi connectivity index (χ4v) is 3.41. The number of aliphatic hydroxyl groups is 5. The average Bonchev–Trinajstić information content (AvgIpc) is 2.62. The molecule has 0 radical (unpaired) electrons. The molecule has 0 bridgehead atoms. The van der Waals surface area contributed by atoms with Crippen molar-refractivity contribution in [2.45, 2.75) is 68.6 Å². The Kier molecular flexibility index (Phi) is 7.52. The summed E-state index contributed by atoms with van der Waals surface area (Å²) in [7, 11) is 1.30. The van der Waals surface area contributed by atoms with Gasteiger partial charge in [0, 0.05) is 13.0 Å². The third-order valence-corrected chi connectivity index (χ3v) is 4.93. The Morgan fingerprint density at radius 2 is 1.52 bits per heavy atom. The number of hydrogen-bond acceptors (Lipinski definition) is 10. The van der Waals surface area contributed by atoms with Crippen LogP contribution in [0.5, 0.6) is 0 Å². The Morgan fingerprint density at radius 3 is 2.04 bits per heavy atom. The third kappa shape index (κ3) is 4.14. The molecule has 2 heterocycles. The zero-order valence-electron chi connectivity index (χ0n) is 14.3. The minimum atomic E-state index is -1.43. The third-order valence-electron chi connectivity index (χ3n) is 4.93. The van der Waals surface area contributed by atoms with Crippen LogP contribution in [0.4, 0.5) is 0 Å². The lowest BCUT2D eigenvalue weighted by Crippen LogP contribution is -2.65. The van der Waals surface area contributed by atoms with E-state index in [0.29, 0.717) is 6.42 Å². The summed E-state index contributed by atoms with van der Waals surface area (Å²) in [6.07, 6.45) is -8.37. The van der Waals surface area contributed by atoms with Crippen LogP contribution < -0.4 is 5.73 Å². The quantitative estimate of drug-likeness (QED) is 0.283. The SMILES string of the molecule is CC[C@H]1C(CO)O[C@H](O[C@@H]2C(O)C(O)[C@@H](OC)O[C@H]2CO)C(N)[C@@H]1O. The van der Waals surface area contributed by atoms with E-state index < -0.39 is 61.9 Å². The molecule has 0 aromatic rings. The van der Waals surface area contributed by atoms with Crippen LogP contribution in [0.1, 0.15) is 13.3 Å². The number of rotatable bonds is 6. The largest absolute Gasteiger partial charge is 0.394 e. The fourth-order valence-electron chi connectivity index (χ4n) is 3.41. The van der Waals surface area contributed by atoms with Crippen LogP contribution in [0.15, 0.2) is 0 Å². The van der Waals surface area contributed by atoms with Crippen molar-refractivity contribution in [1.29, 1.82) is 0 Å². The lowest BCUT2D eigenvalue weighted by atomic mass is 9.86. The highest BCUT2D eigenvalue weighted by atomic mass is 16.7. The van der Waals surface area contributed by atoms with E-state index in [1.807, 2.05) is 6.92 Å². The molecular formula is C15H29NO9. The highest BCUT2D eigenvalue weighted by molar-refractivity contribution is 4.94. The van der Waals surface area contributed by atoms with Crippen molar-refractivity contribution in [3.05, 3.63) is 0 Å². The topological polar surface area (TPSA) is 164 Å². The Hall–Kier alpha value is -0.400. The summed E-state index contributed by atoms with van der Waals surface area (Å²) >= 11 is 0. The molecule has 7 N–H and O–H groups in total. The van der Waals surface area contributed by atoms with Crippen molar-refractivity contribution < 1.29 is 44.5 Å². The van der Waals surface area contributed by atoms with Gasteiger partial charge in [-0.05, 0) is 6.42 Å². The maximum absolute atomic E-state index is 10.4. The van der Waals surface area contributed by atoms with E-state index in [-0.39, 0.29) is 12.5 Å². The minimum absolute atomic E-state index is 0.330. The predicted molar refractivity (Wildman–Crippen MR) is 83.2 cm³/mol. The first-order chi connectivity index (χ1) is 11.9. The molecule has 2 saturated heterocycles. The van der Waals surface area contributed by atoms with E-state index in [4.69, 9.17) is 24.7 Å². The zero-order chi connectivity index (χ0) is 18.7. The van der Waals surface area contributed by atoms with Crippen molar-refractivity contribution in [1.82, 2.24) is 0 Å². The molecule has 2 fully saturated rings. The first-order valence-corrected chi connectivity index (χ1v) is 8.40. The molecule has 10 heteroatoms. The second kappa shape index (κ2) is 9.00. The van der Waals surface area contributed by atoms with Gasteiger partial charge in [-0.25, -0.2) is 0 Å². The molecular weight excluding hydrogens is 338 g/mol. The number of ether oxygens (including phenoxy) is 4. The highest BCUT2D eigenvalue weighted by Gasteiger charge is 2.49. The highest BCUT2D eigenvalue weighted by Crippen LogP contribution is 2.31. The van der Waals surface area contributed by atoms with E-state index in [0.717, 1.165) is 0 Å². The van der Waals surface area contributed by atoms with Gasteiger partial charge in [-0.3, -0.25) is 0 Å². The first kappa shape index (κ1) is 20.9. The average molecular weight is 367 g/mol. The maximum atomic E-state index is 10.4. The standard InChI is InChI=1S/C15H29NO9/c1-3-6-7(4-17)23-14(9(16)10(6)19)25-13-8(5-18)24-15(22-2)12(21)11(13)20/h6-15,17-21H,3-5,16H2,1-2H3/t6-,7?,8-,9?,10+,11?,12?,13-,14+,15-/m0/s1. The van der Waals surface area contributed by atoms with Crippen LogP contribution in [0.25, 0.3) is 0 Å². The van der Waals surface area contributed by atoms with Gasteiger partial charge in [0.2, 0.25) is 0 Å². The van der Waals surface area contributed by atoms with E-state index in [1.165, 1.54) is 7.11 Å². The van der Waals surface area contributed by atoms with Crippen LogP contribution in [0.2, 0.25) is 0 Å². The van der Waals surface area contributed by atoms with E-state index in [1.54, 1.807) is 0 Å². The minimum Gasteiger partial charge on any atom is -0.394 e. The molecule has 0 aromatic carbocycles. The first-order valence-electron chi connectivity index (χ1n) is 8.40. The monoisotopic (exact) mass is 367 g/mol. The van der Waals surface area contributed by atoms with Gasteiger partial charge < -0.3 is 50.2 Å². The van der Waals surface area contributed by atoms with E-state index >= 15 is 0 Å². The van der Waals surface area contributed by atoms with Crippen molar-refractivity contribution in [3.63, 3.8) is 0 Å². The maximum Gasteiger partial charge on any atom is 0.186 e. The normalized spacial score (nSPS) is 48.5. The van der Waals surface area contributed by atoms with Crippen molar-refractivity contribution in [2.24, 2.45) is 11.7 Å². The molecule has 10 nitrogen and oxygen atoms in total. The van der Waals surface area contributed by atoms with Gasteiger partial charge in [0.15, 0.2) is 12.6 Å². The lowest BCUT2D eigenvalue weighted by Gasteiger charge is -2.47. The summed E-state index contributed by atoms with van der Waals surface area (Å²) in [4.78, 5) is 0. The van der Waals surface area contributed by atoms with Crippen LogP contribution in [-0.4, -0.2) is 101 Å². The lowest BCUT2D eigenvalue weighted by molar-refractivity contribution is -0.340. The molecule has 0 spiro atoms. The van der Waals surface area contributed by atoms with Crippen LogP contribution in [0.3, 0.4) is 0 Å². The fraction of sp³-hybridized carbons (Fsp3) is 1.00. The van der Waals surface area contributed by atoms with Gasteiger partial charge in [0.1, 0.15) is 24.4 Å². The van der Waals surface area contributed by atoms with Gasteiger partial charge in [-0.2, -0.15) is 0 Å². The number of nitrogens with two attached hydrogens (primary N) is 1. The van der Waals surface area contributed by atoms with Crippen LogP contribution in [-0.2, 0) is 18.9 Å². The molecule has 0 aliphatic carbocycles. The summed E-state index contributed by atoms with van der Waals surface area (Å²) in [5.41, 5.74) is 5.99. The zero-order valence-corrected chi connectivity index (χ0v) is 14.3. The predicted octanol–water partition coefficient (Wildman–Crippen LogP) is -3.11. The second-order valence-electron chi connectivity index (χ2n) is 6.41. The van der Waals surface area contributed by atoms with E-state index in [9.17, 15) is 25.5 Å². The van der Waals surface area contributed by atoms with Gasteiger partial charge in [0.05, 0.1) is 31.5 Å². The summed E-state index contributed by atoms with van der Waals surface area (Å²) < 4.78 is 21.6. The molecule has 0 saturated carbocycles. The van der Waals surface area contributed by atoms with Gasteiger partial charge in [0.25, 0.3) is 0 Å². The molecule has 10 atom stereocenters. The molecule has 148 valence electrons. The van der Waals surface area contributed by atoms with Crippen LogP contribution in [0, 0.1) is 5.92 Å². The molecule has 25 heavy (non-hydrogen) atoms. The van der Waals surface area contributed by atoms with Crippen molar-refractivity contribution in [3.8, 4) is 0 Å². The Bertz CT molecular complexity index is 410. The number of hydrogen-bond donors (Lipinski definition) is 6. The van der Waals surface area contributed by atoms with Crippen LogP contribution >= 0.6 is 0 Å². The Balaban J connectivity index is 2.13. The second-order valence-corrected chi connectivity index (χ2v) is 6.41. The summed E-state index contributed by atoms with van der Waals surface area (Å²) in [5.74, 6) is -0.357. The van der Waals surface area contributed by atoms with Crippen molar-refractivity contribution in [2.75, 3.05) is 20.3 Å². The smallest absolute Gasteiger partial charge is 0.186 e. The van der Waals surface area contributed by atoms with E-state index in [2.05, 4.69) is 0 Å². The Labute approximate surface area is 146 Å². The molecule has 2 aliphatic heterocycles. The molecule has 2 rings (SSSR count). The van der Waals surface area contributed by atoms with Gasteiger partial charge in [-0.15, -0.1) is 0 Å². The molecule has 2 aliphatic rings. The summed E-state index contributed by atoms with van der Waals surface area (Å²) in [6.45, 7) is 1.01. The Morgan fingerprint density at radius 1 is 0.920 bits per heavy atom. The summed E-state index contributed by atoms with van der Waals surface area (Å²) in [5, 5.41) is 49.6. The molecule has 0 amide bonds. The van der Waals surface area contributed by atoms with Gasteiger partial charge >= 0.3 is 0 Å². The molecule has 0 aromatic heterocycles. The number of aliphatic hydroxyl groups excluding tert-OH is 5. The number of methoxy groups -OCH3 is 1.